The zero-order valence-electron chi connectivity index (χ0n) is 31.9. The van der Waals surface area contributed by atoms with E-state index in [1.165, 1.54) is 48.0 Å². The molecule has 2 aromatic rings. The van der Waals surface area contributed by atoms with Crippen molar-refractivity contribution in [2.45, 2.75) is 106 Å². The Morgan fingerprint density at radius 3 is 2.26 bits per heavy atom. The summed E-state index contributed by atoms with van der Waals surface area (Å²) in [5.74, 6) is 3.75. The molecular formula is C46H61NO3. The Morgan fingerprint density at radius 2 is 1.60 bits per heavy atom. The highest BCUT2D eigenvalue weighted by molar-refractivity contribution is 5.84. The fourth-order valence-electron chi connectivity index (χ4n) is 13.7. The molecule has 9 atom stereocenters. The number of nitrogens with one attached hydrogen (secondary N) is 1. The van der Waals surface area contributed by atoms with Gasteiger partial charge >= 0.3 is 0 Å². The fraction of sp³-hybridized carbons (Fsp3) is 0.609. The topological polar surface area (TPSA) is 55.4 Å². The minimum absolute atomic E-state index is 0.0525. The van der Waals surface area contributed by atoms with Crippen molar-refractivity contribution in [3.05, 3.63) is 83.4 Å². The Labute approximate surface area is 301 Å². The summed E-state index contributed by atoms with van der Waals surface area (Å²) in [5, 5.41) is 3.48. The quantitative estimate of drug-likeness (QED) is 0.224. The van der Waals surface area contributed by atoms with Gasteiger partial charge in [-0.3, -0.25) is 9.59 Å². The van der Waals surface area contributed by atoms with E-state index in [4.69, 9.17) is 4.74 Å². The number of benzene rings is 2. The standard InChI is InChI=1S/C46H61NO3/c1-30(2)35-19-25-46(41(49)47-28-22-31-11-15-34(50-8)16-12-31)27-26-44(6)37(40(35)46)17-18-39-43(5)23-20-36(33-13-9-32(29-48)10-14-33)42(3,4)38(43)21-24-45(39,44)7/h9-16,20,29,35,37-40H,1,17-19,21-28H2,2-8H3,(H,47,49)/t35-,37+,38-,39+,40+,43-,44+,45+,46-/m0/s1. The summed E-state index contributed by atoms with van der Waals surface area (Å²) < 4.78 is 5.34. The van der Waals surface area contributed by atoms with Crippen LogP contribution in [0.15, 0.2) is 66.8 Å². The van der Waals surface area contributed by atoms with Gasteiger partial charge in [0.1, 0.15) is 12.0 Å². The van der Waals surface area contributed by atoms with Gasteiger partial charge in [-0.15, -0.1) is 0 Å². The average molecular weight is 676 g/mol. The molecule has 1 amide bonds. The third-order valence-corrected chi connectivity index (χ3v) is 16.3. The summed E-state index contributed by atoms with van der Waals surface area (Å²) in [6.07, 6.45) is 14.7. The van der Waals surface area contributed by atoms with E-state index in [1.807, 2.05) is 24.3 Å². The molecule has 0 unspecified atom stereocenters. The lowest BCUT2D eigenvalue weighted by Crippen LogP contribution is -2.66. The van der Waals surface area contributed by atoms with Gasteiger partial charge < -0.3 is 10.1 Å². The molecule has 0 heterocycles. The van der Waals surface area contributed by atoms with Crippen LogP contribution < -0.4 is 10.1 Å². The van der Waals surface area contributed by atoms with Crippen LogP contribution in [0, 0.1) is 56.7 Å². The van der Waals surface area contributed by atoms with E-state index >= 15 is 0 Å². The Balaban J connectivity index is 1.16. The molecule has 4 saturated carbocycles. The molecule has 0 bridgehead atoms. The summed E-state index contributed by atoms with van der Waals surface area (Å²) in [6, 6.07) is 16.5. The van der Waals surface area contributed by atoms with Gasteiger partial charge in [0, 0.05) is 12.1 Å². The van der Waals surface area contributed by atoms with E-state index in [1.54, 1.807) is 7.11 Å². The minimum Gasteiger partial charge on any atom is -0.497 e. The molecule has 0 aromatic heterocycles. The largest absolute Gasteiger partial charge is 0.497 e. The second kappa shape index (κ2) is 12.5. The monoisotopic (exact) mass is 675 g/mol. The van der Waals surface area contributed by atoms with Gasteiger partial charge in [-0.05, 0) is 151 Å². The van der Waals surface area contributed by atoms with E-state index in [-0.39, 0.29) is 27.1 Å². The SMILES string of the molecule is C=C(C)[C@@H]1CC[C@]2(C(=O)NCCc3ccc(OC)cc3)CC[C@]3(C)[C@H](CC[C@@H]4[C@@]5(C)CC=C(c6ccc(C=O)cc6)C(C)(C)[C@@H]5CC[C@]43C)[C@@H]12. The molecule has 0 saturated heterocycles. The molecule has 0 spiro atoms. The summed E-state index contributed by atoms with van der Waals surface area (Å²) in [6.45, 7) is 20.4. The molecule has 4 nitrogen and oxygen atoms in total. The number of aldehydes is 1. The number of carbonyl (C=O) groups excluding carboxylic acids is 2. The number of carbonyl (C=O) groups is 2. The lowest BCUT2D eigenvalue weighted by atomic mass is 9.32. The van der Waals surface area contributed by atoms with Crippen LogP contribution in [-0.4, -0.2) is 25.8 Å². The summed E-state index contributed by atoms with van der Waals surface area (Å²) in [5.41, 5.74) is 6.38. The van der Waals surface area contributed by atoms with Gasteiger partial charge in [0.15, 0.2) is 0 Å². The van der Waals surface area contributed by atoms with Crippen LogP contribution in [0.3, 0.4) is 0 Å². The summed E-state index contributed by atoms with van der Waals surface area (Å²) in [7, 11) is 1.70. The van der Waals surface area contributed by atoms with Crippen LogP contribution in [-0.2, 0) is 11.2 Å². The highest BCUT2D eigenvalue weighted by Crippen LogP contribution is 2.77. The summed E-state index contributed by atoms with van der Waals surface area (Å²) in [4.78, 5) is 25.9. The van der Waals surface area contributed by atoms with Crippen molar-refractivity contribution in [3.8, 4) is 5.75 Å². The highest BCUT2D eigenvalue weighted by Gasteiger charge is 2.71. The Morgan fingerprint density at radius 1 is 0.880 bits per heavy atom. The zero-order valence-corrected chi connectivity index (χ0v) is 31.9. The Bertz CT molecular complexity index is 1670. The number of hydrogen-bond acceptors (Lipinski definition) is 3. The van der Waals surface area contributed by atoms with Crippen LogP contribution in [0.25, 0.3) is 5.57 Å². The van der Waals surface area contributed by atoms with Crippen molar-refractivity contribution in [3.63, 3.8) is 0 Å². The first-order valence-electron chi connectivity index (χ1n) is 19.6. The number of methoxy groups -OCH3 is 1. The van der Waals surface area contributed by atoms with E-state index in [2.05, 4.69) is 83.8 Å². The van der Waals surface area contributed by atoms with Crippen molar-refractivity contribution < 1.29 is 14.3 Å². The molecule has 4 fully saturated rings. The van der Waals surface area contributed by atoms with Gasteiger partial charge in [0.05, 0.1) is 12.5 Å². The third-order valence-electron chi connectivity index (χ3n) is 16.3. The minimum atomic E-state index is -0.290. The lowest BCUT2D eigenvalue weighted by molar-refractivity contribution is -0.225. The normalized spacial score (nSPS) is 38.4. The van der Waals surface area contributed by atoms with Crippen molar-refractivity contribution >= 4 is 17.8 Å². The molecule has 268 valence electrons. The molecular weight excluding hydrogens is 615 g/mol. The smallest absolute Gasteiger partial charge is 0.226 e. The molecule has 50 heavy (non-hydrogen) atoms. The van der Waals surface area contributed by atoms with Crippen molar-refractivity contribution in [2.75, 3.05) is 13.7 Å². The maximum atomic E-state index is 14.5. The number of hydrogen-bond donors (Lipinski definition) is 1. The van der Waals surface area contributed by atoms with Crippen LogP contribution >= 0.6 is 0 Å². The molecule has 0 radical (unpaired) electrons. The van der Waals surface area contributed by atoms with Crippen molar-refractivity contribution in [1.29, 1.82) is 0 Å². The molecule has 0 aliphatic heterocycles. The molecule has 5 aliphatic rings. The first-order chi connectivity index (χ1) is 23.7. The van der Waals surface area contributed by atoms with Crippen LogP contribution in [0.4, 0.5) is 0 Å². The van der Waals surface area contributed by atoms with Crippen LogP contribution in [0.2, 0.25) is 0 Å². The Kier molecular flexibility index (Phi) is 8.83. The third kappa shape index (κ3) is 5.12. The van der Waals surface area contributed by atoms with Gasteiger partial charge in [0.2, 0.25) is 5.91 Å². The predicted octanol–water partition coefficient (Wildman–Crippen LogP) is 10.5. The number of allylic oxidation sites excluding steroid dienone is 3. The summed E-state index contributed by atoms with van der Waals surface area (Å²) >= 11 is 0. The number of fused-ring (bicyclic) bond motifs is 7. The maximum absolute atomic E-state index is 14.5. The van der Waals surface area contributed by atoms with Gasteiger partial charge in [-0.2, -0.15) is 0 Å². The maximum Gasteiger partial charge on any atom is 0.226 e. The molecule has 7 rings (SSSR count). The van der Waals surface area contributed by atoms with Crippen LogP contribution in [0.5, 0.6) is 5.75 Å². The second-order valence-corrected chi connectivity index (χ2v) is 18.5. The number of rotatable bonds is 8. The van der Waals surface area contributed by atoms with Crippen LogP contribution in [0.1, 0.15) is 121 Å². The molecule has 4 heteroatoms. The van der Waals surface area contributed by atoms with Gasteiger partial charge in [0.25, 0.3) is 0 Å². The average Bonchev–Trinajstić information content (AvgIpc) is 3.50. The highest BCUT2D eigenvalue weighted by atomic mass is 16.5. The lowest BCUT2D eigenvalue weighted by Gasteiger charge is -2.72. The van der Waals surface area contributed by atoms with Crippen molar-refractivity contribution in [2.24, 2.45) is 56.7 Å². The van der Waals surface area contributed by atoms with E-state index in [0.717, 1.165) is 56.1 Å². The van der Waals surface area contributed by atoms with Gasteiger partial charge in [-0.25, -0.2) is 0 Å². The Hall–Kier alpha value is -3.14. The van der Waals surface area contributed by atoms with E-state index in [0.29, 0.717) is 42.0 Å². The molecule has 1 N–H and O–H groups in total. The molecule has 2 aromatic carbocycles. The molecule has 5 aliphatic carbocycles. The predicted molar refractivity (Wildman–Crippen MR) is 204 cm³/mol. The first kappa shape index (κ1) is 35.3. The van der Waals surface area contributed by atoms with E-state index in [9.17, 15) is 9.59 Å². The zero-order chi connectivity index (χ0) is 35.7. The fourth-order valence-corrected chi connectivity index (χ4v) is 13.7. The number of amides is 1. The van der Waals surface area contributed by atoms with E-state index < -0.39 is 0 Å². The second-order valence-electron chi connectivity index (χ2n) is 18.5. The van der Waals surface area contributed by atoms with Crippen molar-refractivity contribution in [1.82, 2.24) is 5.32 Å². The van der Waals surface area contributed by atoms with Gasteiger partial charge in [-0.1, -0.05) is 89.2 Å². The number of ether oxygens (including phenoxy) is 1. The first-order valence-corrected chi connectivity index (χ1v) is 19.6.